The van der Waals surface area contributed by atoms with Crippen LogP contribution in [0.1, 0.15) is 20.3 Å². The van der Waals surface area contributed by atoms with Crippen molar-refractivity contribution < 1.29 is 8.42 Å². The second-order valence-corrected chi connectivity index (χ2v) is 9.20. The van der Waals surface area contributed by atoms with E-state index in [4.69, 9.17) is 0 Å². The van der Waals surface area contributed by atoms with Crippen molar-refractivity contribution in [1.82, 2.24) is 19.9 Å². The first-order valence-corrected chi connectivity index (χ1v) is 11.3. The Morgan fingerprint density at radius 3 is 2.63 bits per heavy atom. The predicted octanol–water partition coefficient (Wildman–Crippen LogP) is 0.497. The van der Waals surface area contributed by atoms with Crippen molar-refractivity contribution in [2.75, 3.05) is 49.9 Å². The molecular weight excluding hydrogens is 364 g/mol. The number of nitrogens with zero attached hydrogens (tertiary/aromatic N) is 4. The lowest BCUT2D eigenvalue weighted by atomic mass is 10.3. The lowest BCUT2D eigenvalue weighted by molar-refractivity contribution is 0.384. The minimum atomic E-state index is -3.30. The van der Waals surface area contributed by atoms with Crippen molar-refractivity contribution in [3.05, 3.63) is 24.4 Å². The second kappa shape index (κ2) is 8.88. The van der Waals surface area contributed by atoms with Gasteiger partial charge in [-0.05, 0) is 31.4 Å². The zero-order chi connectivity index (χ0) is 19.3. The van der Waals surface area contributed by atoms with Crippen molar-refractivity contribution in [3.8, 4) is 0 Å². The molecule has 2 unspecified atom stereocenters. The zero-order valence-electron chi connectivity index (χ0n) is 16.1. The minimum absolute atomic E-state index is 0.0351. The standard InChI is InChI=1S/C18H30N6O2S/c1-3-19-18(22-16-14-15(16)2)21-8-13-27(25,26)24-11-9-23(10-12-24)17-6-4-5-7-20-17/h4-7,15-16H,3,8-14H2,1-2H3,(H2,19,21,22). The first kappa shape index (κ1) is 19.9. The quantitative estimate of drug-likeness (QED) is 0.517. The van der Waals surface area contributed by atoms with Gasteiger partial charge in [0.15, 0.2) is 5.96 Å². The number of nitrogens with one attached hydrogen (secondary N) is 2. The van der Waals surface area contributed by atoms with Gasteiger partial charge in [0.2, 0.25) is 10.0 Å². The van der Waals surface area contributed by atoms with Gasteiger partial charge in [-0.3, -0.25) is 4.99 Å². The van der Waals surface area contributed by atoms with Crippen LogP contribution in [0.15, 0.2) is 29.4 Å². The van der Waals surface area contributed by atoms with E-state index in [1.54, 1.807) is 10.5 Å². The molecule has 1 aliphatic carbocycles. The molecule has 0 spiro atoms. The number of aromatic nitrogens is 1. The number of hydrogen-bond acceptors (Lipinski definition) is 5. The fraction of sp³-hybridized carbons (Fsp3) is 0.667. The van der Waals surface area contributed by atoms with Gasteiger partial charge >= 0.3 is 0 Å². The molecule has 2 fully saturated rings. The fourth-order valence-electron chi connectivity index (χ4n) is 3.16. The summed E-state index contributed by atoms with van der Waals surface area (Å²) in [4.78, 5) is 10.9. The molecule has 2 aliphatic rings. The number of sulfonamides is 1. The summed E-state index contributed by atoms with van der Waals surface area (Å²) in [6, 6.07) is 6.24. The maximum Gasteiger partial charge on any atom is 0.216 e. The first-order chi connectivity index (χ1) is 13.0. The van der Waals surface area contributed by atoms with E-state index in [9.17, 15) is 8.42 Å². The van der Waals surface area contributed by atoms with E-state index in [0.29, 0.717) is 44.1 Å². The molecule has 1 aromatic heterocycles. The molecule has 150 valence electrons. The molecule has 0 radical (unpaired) electrons. The molecule has 2 heterocycles. The van der Waals surface area contributed by atoms with Crippen LogP contribution in [0.3, 0.4) is 0 Å². The Labute approximate surface area is 162 Å². The van der Waals surface area contributed by atoms with Gasteiger partial charge in [0.25, 0.3) is 0 Å². The normalized spacial score (nSPS) is 23.9. The molecule has 3 rings (SSSR count). The molecule has 1 saturated carbocycles. The second-order valence-electron chi connectivity index (χ2n) is 7.11. The maximum atomic E-state index is 12.6. The summed E-state index contributed by atoms with van der Waals surface area (Å²) in [5.74, 6) is 2.30. The summed E-state index contributed by atoms with van der Waals surface area (Å²) in [6.45, 7) is 7.50. The lowest BCUT2D eigenvalue weighted by Crippen LogP contribution is -2.49. The summed E-state index contributed by atoms with van der Waals surface area (Å²) in [5.41, 5.74) is 0. The molecule has 2 atom stereocenters. The highest BCUT2D eigenvalue weighted by Crippen LogP contribution is 2.28. The van der Waals surface area contributed by atoms with Crippen LogP contribution in [0.2, 0.25) is 0 Å². The topological polar surface area (TPSA) is 89.9 Å². The van der Waals surface area contributed by atoms with Gasteiger partial charge in [-0.2, -0.15) is 4.31 Å². The number of anilines is 1. The van der Waals surface area contributed by atoms with Crippen LogP contribution in [0, 0.1) is 5.92 Å². The molecule has 0 amide bonds. The number of guanidine groups is 1. The van der Waals surface area contributed by atoms with Gasteiger partial charge in [0.1, 0.15) is 5.82 Å². The van der Waals surface area contributed by atoms with Crippen LogP contribution >= 0.6 is 0 Å². The summed E-state index contributed by atoms with van der Waals surface area (Å²) in [5, 5.41) is 6.53. The van der Waals surface area contributed by atoms with E-state index >= 15 is 0 Å². The fourth-order valence-corrected chi connectivity index (χ4v) is 4.46. The summed E-state index contributed by atoms with van der Waals surface area (Å²) in [7, 11) is -3.30. The maximum absolute atomic E-state index is 12.6. The van der Waals surface area contributed by atoms with Gasteiger partial charge in [0.05, 0.1) is 12.3 Å². The Bertz CT molecular complexity index is 731. The van der Waals surface area contributed by atoms with Gasteiger partial charge in [-0.15, -0.1) is 0 Å². The van der Waals surface area contributed by atoms with Gasteiger partial charge < -0.3 is 15.5 Å². The molecule has 1 aromatic rings. The summed E-state index contributed by atoms with van der Waals surface area (Å²) in [6.07, 6.45) is 2.90. The van der Waals surface area contributed by atoms with Crippen LogP contribution < -0.4 is 15.5 Å². The van der Waals surface area contributed by atoms with Crippen molar-refractivity contribution in [2.24, 2.45) is 10.9 Å². The highest BCUT2D eigenvalue weighted by atomic mass is 32.2. The summed E-state index contributed by atoms with van der Waals surface area (Å²) >= 11 is 0. The van der Waals surface area contributed by atoms with E-state index in [1.165, 1.54) is 0 Å². The molecule has 8 nitrogen and oxygen atoms in total. The molecule has 0 bridgehead atoms. The SMILES string of the molecule is CCNC(=NCCS(=O)(=O)N1CCN(c2ccccn2)CC1)NC1CC1C. The Kier molecular flexibility index (Phi) is 6.54. The zero-order valence-corrected chi connectivity index (χ0v) is 17.0. The molecule has 1 aliphatic heterocycles. The third-order valence-electron chi connectivity index (χ3n) is 5.00. The van der Waals surface area contributed by atoms with E-state index in [2.05, 4.69) is 32.4 Å². The molecule has 0 aromatic carbocycles. The number of hydrogen-bond donors (Lipinski definition) is 2. The van der Waals surface area contributed by atoms with E-state index in [0.717, 1.165) is 18.8 Å². The van der Waals surface area contributed by atoms with Crippen LogP contribution in [0.25, 0.3) is 0 Å². The van der Waals surface area contributed by atoms with Crippen molar-refractivity contribution in [1.29, 1.82) is 0 Å². The van der Waals surface area contributed by atoms with Crippen molar-refractivity contribution in [2.45, 2.75) is 26.3 Å². The van der Waals surface area contributed by atoms with Gasteiger partial charge in [-0.1, -0.05) is 13.0 Å². The lowest BCUT2D eigenvalue weighted by Gasteiger charge is -2.34. The van der Waals surface area contributed by atoms with Crippen molar-refractivity contribution in [3.63, 3.8) is 0 Å². The highest BCUT2D eigenvalue weighted by Gasteiger charge is 2.33. The third kappa shape index (κ3) is 5.55. The molecule has 1 saturated heterocycles. The van der Waals surface area contributed by atoms with E-state index < -0.39 is 10.0 Å². The molecule has 2 N–H and O–H groups in total. The minimum Gasteiger partial charge on any atom is -0.357 e. The Morgan fingerprint density at radius 1 is 1.30 bits per heavy atom. The Morgan fingerprint density at radius 2 is 2.04 bits per heavy atom. The number of aliphatic imine (C=N–C) groups is 1. The first-order valence-electron chi connectivity index (χ1n) is 9.68. The highest BCUT2D eigenvalue weighted by molar-refractivity contribution is 7.89. The van der Waals surface area contributed by atoms with Crippen LogP contribution in [-0.2, 0) is 10.0 Å². The predicted molar refractivity (Wildman–Crippen MR) is 108 cm³/mol. The average Bonchev–Trinajstić information content (AvgIpc) is 3.37. The Hall–Kier alpha value is -1.87. The third-order valence-corrected chi connectivity index (χ3v) is 6.85. The average molecular weight is 395 g/mol. The number of rotatable bonds is 7. The number of pyridine rings is 1. The van der Waals surface area contributed by atoms with E-state index in [1.807, 2.05) is 25.1 Å². The Balaban J connectivity index is 1.49. The smallest absolute Gasteiger partial charge is 0.216 e. The van der Waals surface area contributed by atoms with Crippen LogP contribution in [0.4, 0.5) is 5.82 Å². The van der Waals surface area contributed by atoms with Gasteiger partial charge in [-0.25, -0.2) is 13.4 Å². The monoisotopic (exact) mass is 394 g/mol. The molecule has 9 heteroatoms. The molecule has 27 heavy (non-hydrogen) atoms. The number of piperazine rings is 1. The van der Waals surface area contributed by atoms with Crippen LogP contribution in [-0.4, -0.2) is 74.7 Å². The summed E-state index contributed by atoms with van der Waals surface area (Å²) < 4.78 is 26.8. The van der Waals surface area contributed by atoms with E-state index in [-0.39, 0.29) is 12.3 Å². The molecular formula is C18H30N6O2S. The van der Waals surface area contributed by atoms with Gasteiger partial charge in [0, 0.05) is 45.0 Å². The largest absolute Gasteiger partial charge is 0.357 e. The van der Waals surface area contributed by atoms with Crippen molar-refractivity contribution >= 4 is 21.8 Å². The van der Waals surface area contributed by atoms with Crippen LogP contribution in [0.5, 0.6) is 0 Å².